The summed E-state index contributed by atoms with van der Waals surface area (Å²) in [5, 5.41) is 3.17. The number of hydrogen-bond acceptors (Lipinski definition) is 5. The van der Waals surface area contributed by atoms with E-state index in [0.717, 1.165) is 28.4 Å². The quantitative estimate of drug-likeness (QED) is 0.488. The molecule has 0 fully saturated rings. The Morgan fingerprint density at radius 1 is 0.935 bits per heavy atom. The number of methoxy groups -OCH3 is 3. The van der Waals surface area contributed by atoms with E-state index >= 15 is 0 Å². The first-order valence-electron chi connectivity index (χ1n) is 9.91. The van der Waals surface area contributed by atoms with Crippen molar-refractivity contribution >= 4 is 11.9 Å². The first-order chi connectivity index (χ1) is 14.9. The van der Waals surface area contributed by atoms with Gasteiger partial charge in [-0.2, -0.15) is 0 Å². The number of ether oxygens (including phenoxy) is 3. The van der Waals surface area contributed by atoms with Crippen LogP contribution in [0.3, 0.4) is 0 Å². The van der Waals surface area contributed by atoms with Crippen molar-refractivity contribution in [2.45, 2.75) is 13.1 Å². The molecule has 31 heavy (non-hydrogen) atoms. The van der Waals surface area contributed by atoms with Gasteiger partial charge >= 0.3 is 0 Å². The molecule has 0 heterocycles. The van der Waals surface area contributed by atoms with Crippen molar-refractivity contribution in [2.24, 2.45) is 4.99 Å². The first-order valence-corrected chi connectivity index (χ1v) is 9.91. The summed E-state index contributed by atoms with van der Waals surface area (Å²) in [6.45, 7) is 1.16. The molecular weight excluding hydrogens is 396 g/mol. The minimum atomic E-state index is -0.0347. The SMILES string of the molecule is COc1ccc(CN=C(NCC(=O)N(C)C)N(C)Cc2ccc(OC)cc2OC)cc1. The second kappa shape index (κ2) is 11.7. The summed E-state index contributed by atoms with van der Waals surface area (Å²) in [5.74, 6) is 2.83. The van der Waals surface area contributed by atoms with Gasteiger partial charge in [0.05, 0.1) is 34.4 Å². The van der Waals surface area contributed by atoms with Gasteiger partial charge in [0.15, 0.2) is 5.96 Å². The third-order valence-electron chi connectivity index (χ3n) is 4.73. The molecule has 0 radical (unpaired) electrons. The number of benzene rings is 2. The number of amides is 1. The molecule has 0 aliphatic rings. The molecule has 0 spiro atoms. The highest BCUT2D eigenvalue weighted by Gasteiger charge is 2.13. The number of rotatable bonds is 9. The summed E-state index contributed by atoms with van der Waals surface area (Å²) in [4.78, 5) is 20.3. The lowest BCUT2D eigenvalue weighted by Gasteiger charge is -2.24. The molecule has 0 aliphatic carbocycles. The second-order valence-corrected chi connectivity index (χ2v) is 7.16. The molecule has 1 amide bonds. The minimum Gasteiger partial charge on any atom is -0.497 e. The fourth-order valence-electron chi connectivity index (χ4n) is 2.83. The summed E-state index contributed by atoms with van der Waals surface area (Å²) < 4.78 is 16.0. The fourth-order valence-corrected chi connectivity index (χ4v) is 2.83. The summed E-state index contributed by atoms with van der Waals surface area (Å²) >= 11 is 0. The van der Waals surface area contributed by atoms with Crippen molar-refractivity contribution in [3.8, 4) is 17.2 Å². The Bertz CT molecular complexity index is 882. The van der Waals surface area contributed by atoms with E-state index in [4.69, 9.17) is 19.2 Å². The van der Waals surface area contributed by atoms with E-state index in [1.807, 2.05) is 54.4 Å². The van der Waals surface area contributed by atoms with Gasteiger partial charge < -0.3 is 29.3 Å². The van der Waals surface area contributed by atoms with E-state index in [-0.39, 0.29) is 12.5 Å². The van der Waals surface area contributed by atoms with E-state index in [1.165, 1.54) is 0 Å². The molecule has 2 aromatic carbocycles. The number of likely N-dealkylation sites (N-methyl/N-ethyl adjacent to an activating group) is 1. The third-order valence-corrected chi connectivity index (χ3v) is 4.73. The fraction of sp³-hybridized carbons (Fsp3) is 0.391. The molecule has 168 valence electrons. The monoisotopic (exact) mass is 428 g/mol. The standard InChI is InChI=1S/C23H32N4O4/c1-26(2)22(28)15-25-23(24-14-17-7-10-19(29-4)11-8-17)27(3)16-18-9-12-20(30-5)13-21(18)31-6/h7-13H,14-16H2,1-6H3,(H,24,25). The largest absolute Gasteiger partial charge is 0.497 e. The molecule has 1 N–H and O–H groups in total. The van der Waals surface area contributed by atoms with Gasteiger partial charge in [0.25, 0.3) is 0 Å². The van der Waals surface area contributed by atoms with Crippen LogP contribution in [0.2, 0.25) is 0 Å². The van der Waals surface area contributed by atoms with Crippen molar-refractivity contribution in [1.29, 1.82) is 0 Å². The maximum atomic E-state index is 12.1. The third kappa shape index (κ3) is 7.09. The molecule has 0 aliphatic heterocycles. The molecule has 0 aromatic heterocycles. The van der Waals surface area contributed by atoms with Crippen LogP contribution in [0.15, 0.2) is 47.5 Å². The van der Waals surface area contributed by atoms with Crippen molar-refractivity contribution in [3.05, 3.63) is 53.6 Å². The molecule has 0 saturated carbocycles. The Kier molecular flexibility index (Phi) is 8.99. The lowest BCUT2D eigenvalue weighted by atomic mass is 10.2. The van der Waals surface area contributed by atoms with E-state index in [1.54, 1.807) is 40.3 Å². The smallest absolute Gasteiger partial charge is 0.241 e. The van der Waals surface area contributed by atoms with Crippen molar-refractivity contribution in [2.75, 3.05) is 49.0 Å². The Hall–Kier alpha value is -3.42. The van der Waals surface area contributed by atoms with Crippen molar-refractivity contribution in [1.82, 2.24) is 15.1 Å². The lowest BCUT2D eigenvalue weighted by molar-refractivity contribution is -0.127. The van der Waals surface area contributed by atoms with Crippen LogP contribution in [-0.2, 0) is 17.9 Å². The number of nitrogens with zero attached hydrogens (tertiary/aromatic N) is 3. The average Bonchev–Trinajstić information content (AvgIpc) is 2.79. The van der Waals surface area contributed by atoms with Crippen LogP contribution in [0.5, 0.6) is 17.2 Å². The summed E-state index contributed by atoms with van der Waals surface area (Å²) in [6, 6.07) is 13.4. The number of hydrogen-bond donors (Lipinski definition) is 1. The normalized spacial score (nSPS) is 11.0. The molecule has 2 aromatic rings. The first kappa shape index (κ1) is 23.9. The molecule has 0 saturated heterocycles. The minimum absolute atomic E-state index is 0.0347. The molecule has 0 atom stereocenters. The van der Waals surface area contributed by atoms with E-state index in [9.17, 15) is 4.79 Å². The highest BCUT2D eigenvalue weighted by Crippen LogP contribution is 2.25. The van der Waals surface area contributed by atoms with Crippen LogP contribution in [0.25, 0.3) is 0 Å². The van der Waals surface area contributed by atoms with Gasteiger partial charge in [0, 0.05) is 39.3 Å². The number of carbonyl (C=O) groups excluding carboxylic acids is 1. The van der Waals surface area contributed by atoms with Crippen molar-refractivity contribution in [3.63, 3.8) is 0 Å². The van der Waals surface area contributed by atoms with E-state index in [2.05, 4.69) is 5.32 Å². The van der Waals surface area contributed by atoms with Crippen LogP contribution in [0.4, 0.5) is 0 Å². The highest BCUT2D eigenvalue weighted by molar-refractivity contribution is 5.86. The van der Waals surface area contributed by atoms with E-state index in [0.29, 0.717) is 19.0 Å². The average molecular weight is 429 g/mol. The summed E-state index contributed by atoms with van der Waals surface area (Å²) in [5.41, 5.74) is 2.01. The Balaban J connectivity index is 2.20. The van der Waals surface area contributed by atoms with Crippen LogP contribution in [-0.4, -0.2) is 70.7 Å². The number of guanidine groups is 1. The maximum absolute atomic E-state index is 12.1. The van der Waals surface area contributed by atoms with Gasteiger partial charge in [-0.15, -0.1) is 0 Å². The number of carbonyl (C=O) groups is 1. The Labute approximate surface area is 184 Å². The topological polar surface area (TPSA) is 75.6 Å². The van der Waals surface area contributed by atoms with Gasteiger partial charge in [0.2, 0.25) is 5.91 Å². The molecule has 8 heteroatoms. The molecule has 0 unspecified atom stereocenters. The highest BCUT2D eigenvalue weighted by atomic mass is 16.5. The Morgan fingerprint density at radius 3 is 2.16 bits per heavy atom. The van der Waals surface area contributed by atoms with Gasteiger partial charge in [-0.25, -0.2) is 4.99 Å². The molecule has 2 rings (SSSR count). The van der Waals surface area contributed by atoms with Gasteiger partial charge in [-0.1, -0.05) is 12.1 Å². The number of nitrogens with one attached hydrogen (secondary N) is 1. The summed E-state index contributed by atoms with van der Waals surface area (Å²) in [6.07, 6.45) is 0. The van der Waals surface area contributed by atoms with Crippen molar-refractivity contribution < 1.29 is 19.0 Å². The maximum Gasteiger partial charge on any atom is 0.241 e. The van der Waals surface area contributed by atoms with Gasteiger partial charge in [-0.05, 0) is 29.8 Å². The van der Waals surface area contributed by atoms with Gasteiger partial charge in [-0.3, -0.25) is 4.79 Å². The molecule has 8 nitrogen and oxygen atoms in total. The zero-order valence-electron chi connectivity index (χ0n) is 19.1. The Morgan fingerprint density at radius 2 is 1.58 bits per heavy atom. The van der Waals surface area contributed by atoms with E-state index < -0.39 is 0 Å². The van der Waals surface area contributed by atoms with Crippen LogP contribution < -0.4 is 19.5 Å². The van der Waals surface area contributed by atoms with Crippen LogP contribution >= 0.6 is 0 Å². The zero-order chi connectivity index (χ0) is 22.8. The lowest BCUT2D eigenvalue weighted by Crippen LogP contribution is -2.43. The molecular formula is C23H32N4O4. The second-order valence-electron chi connectivity index (χ2n) is 7.16. The van der Waals surface area contributed by atoms with Crippen LogP contribution in [0, 0.1) is 0 Å². The predicted octanol–water partition coefficient (Wildman–Crippen LogP) is 2.38. The molecule has 0 bridgehead atoms. The number of aliphatic imine (C=N–C) groups is 1. The van der Waals surface area contributed by atoms with Crippen LogP contribution in [0.1, 0.15) is 11.1 Å². The summed E-state index contributed by atoms with van der Waals surface area (Å²) in [7, 11) is 10.3. The van der Waals surface area contributed by atoms with Gasteiger partial charge in [0.1, 0.15) is 17.2 Å². The zero-order valence-corrected chi connectivity index (χ0v) is 19.1. The predicted molar refractivity (Wildman–Crippen MR) is 122 cm³/mol.